The van der Waals surface area contributed by atoms with Gasteiger partial charge in [0.1, 0.15) is 5.75 Å². The first-order valence-corrected chi connectivity index (χ1v) is 8.86. The highest BCUT2D eigenvalue weighted by Gasteiger charge is 2.15. The SMILES string of the molecule is c1ccc(COP(OCc2ccccc2)Oc2ccccc2)cc1. The van der Waals surface area contributed by atoms with Crippen LogP contribution in [-0.2, 0) is 22.3 Å². The lowest BCUT2D eigenvalue weighted by Crippen LogP contribution is -1.99. The van der Waals surface area contributed by atoms with Crippen LogP contribution in [0.3, 0.4) is 0 Å². The fraction of sp³-hybridized carbons (Fsp3) is 0.100. The van der Waals surface area contributed by atoms with Crippen molar-refractivity contribution in [1.29, 1.82) is 0 Å². The molecule has 24 heavy (non-hydrogen) atoms. The molecule has 0 aromatic heterocycles. The van der Waals surface area contributed by atoms with Gasteiger partial charge in [-0.05, 0) is 23.3 Å². The lowest BCUT2D eigenvalue weighted by atomic mass is 10.2. The van der Waals surface area contributed by atoms with E-state index in [4.69, 9.17) is 13.6 Å². The molecular weight excluding hydrogens is 319 g/mol. The van der Waals surface area contributed by atoms with E-state index in [2.05, 4.69) is 0 Å². The number of hydrogen-bond donors (Lipinski definition) is 0. The summed E-state index contributed by atoms with van der Waals surface area (Å²) in [5.74, 6) is 0.740. The number of hydrogen-bond acceptors (Lipinski definition) is 3. The summed E-state index contributed by atoms with van der Waals surface area (Å²) in [5.41, 5.74) is 2.18. The first-order valence-electron chi connectivity index (χ1n) is 7.77. The van der Waals surface area contributed by atoms with E-state index in [1.165, 1.54) is 0 Å². The van der Waals surface area contributed by atoms with E-state index >= 15 is 0 Å². The van der Waals surface area contributed by atoms with Crippen LogP contribution in [0.5, 0.6) is 5.75 Å². The van der Waals surface area contributed by atoms with Crippen molar-refractivity contribution in [2.75, 3.05) is 0 Å². The van der Waals surface area contributed by atoms with E-state index in [-0.39, 0.29) is 0 Å². The molecule has 0 atom stereocenters. The molecule has 0 aliphatic rings. The van der Waals surface area contributed by atoms with Gasteiger partial charge in [-0.3, -0.25) is 9.05 Å². The zero-order valence-corrected chi connectivity index (χ0v) is 14.1. The van der Waals surface area contributed by atoms with Gasteiger partial charge in [-0.25, -0.2) is 0 Å². The molecule has 3 aromatic rings. The summed E-state index contributed by atoms with van der Waals surface area (Å²) in [6.45, 7) is 0.905. The molecule has 0 aliphatic heterocycles. The van der Waals surface area contributed by atoms with Crippen LogP contribution in [0.4, 0.5) is 0 Å². The monoisotopic (exact) mass is 338 g/mol. The standard InChI is InChI=1S/C20H19O3P/c1-4-10-18(11-5-1)16-21-24(23-20-14-8-3-9-15-20)22-17-19-12-6-2-7-13-19/h1-15H,16-17H2. The minimum Gasteiger partial charge on any atom is -0.427 e. The molecule has 4 heteroatoms. The normalized spacial score (nSPS) is 10.7. The van der Waals surface area contributed by atoms with Crippen molar-refractivity contribution in [2.24, 2.45) is 0 Å². The highest BCUT2D eigenvalue weighted by Crippen LogP contribution is 2.42. The molecule has 0 heterocycles. The van der Waals surface area contributed by atoms with Gasteiger partial charge in [0.05, 0.1) is 13.2 Å². The molecular formula is C20H19O3P. The number of rotatable bonds is 8. The summed E-state index contributed by atoms with van der Waals surface area (Å²) >= 11 is 0. The molecule has 3 nitrogen and oxygen atoms in total. The van der Waals surface area contributed by atoms with Crippen molar-refractivity contribution in [3.63, 3.8) is 0 Å². The predicted molar refractivity (Wildman–Crippen MR) is 96.5 cm³/mol. The number of para-hydroxylation sites is 1. The first-order chi connectivity index (χ1) is 11.9. The molecule has 0 amide bonds. The van der Waals surface area contributed by atoms with E-state index in [0.29, 0.717) is 13.2 Å². The fourth-order valence-electron chi connectivity index (χ4n) is 2.06. The summed E-state index contributed by atoms with van der Waals surface area (Å²) in [7, 11) is -1.48. The molecule has 0 radical (unpaired) electrons. The van der Waals surface area contributed by atoms with Gasteiger partial charge in [-0.1, -0.05) is 78.9 Å². The lowest BCUT2D eigenvalue weighted by molar-refractivity contribution is 0.192. The van der Waals surface area contributed by atoms with Gasteiger partial charge in [0.15, 0.2) is 0 Å². The summed E-state index contributed by atoms with van der Waals surface area (Å²) in [6, 6.07) is 29.6. The lowest BCUT2D eigenvalue weighted by Gasteiger charge is -2.17. The van der Waals surface area contributed by atoms with Gasteiger partial charge in [0.25, 0.3) is 0 Å². The highest BCUT2D eigenvalue weighted by atomic mass is 31.2. The minimum atomic E-state index is -1.48. The fourth-order valence-corrected chi connectivity index (χ4v) is 3.04. The van der Waals surface area contributed by atoms with E-state index < -0.39 is 8.60 Å². The van der Waals surface area contributed by atoms with Gasteiger partial charge in [-0.2, -0.15) is 0 Å². The quantitative estimate of drug-likeness (QED) is 0.491. The Labute approximate surface area is 143 Å². The third-order valence-electron chi connectivity index (χ3n) is 3.28. The van der Waals surface area contributed by atoms with Crippen molar-refractivity contribution < 1.29 is 13.6 Å². The second-order valence-corrected chi connectivity index (χ2v) is 6.29. The summed E-state index contributed by atoms with van der Waals surface area (Å²) in [6.07, 6.45) is 0. The van der Waals surface area contributed by atoms with Crippen LogP contribution in [0.2, 0.25) is 0 Å². The van der Waals surface area contributed by atoms with E-state index in [0.717, 1.165) is 16.9 Å². The maximum Gasteiger partial charge on any atom is 0.397 e. The van der Waals surface area contributed by atoms with Gasteiger partial charge >= 0.3 is 8.60 Å². The van der Waals surface area contributed by atoms with Crippen molar-refractivity contribution in [3.8, 4) is 5.75 Å². The summed E-state index contributed by atoms with van der Waals surface area (Å²) < 4.78 is 17.6. The van der Waals surface area contributed by atoms with Crippen LogP contribution in [-0.4, -0.2) is 0 Å². The third-order valence-corrected chi connectivity index (χ3v) is 4.32. The topological polar surface area (TPSA) is 27.7 Å². The zero-order valence-electron chi connectivity index (χ0n) is 13.2. The molecule has 3 aromatic carbocycles. The molecule has 0 saturated heterocycles. The Morgan fingerprint density at radius 1 is 0.542 bits per heavy atom. The predicted octanol–water partition coefficient (Wildman–Crippen LogP) is 5.73. The second kappa shape index (κ2) is 9.19. The van der Waals surface area contributed by atoms with Crippen molar-refractivity contribution in [2.45, 2.75) is 13.2 Å². The first kappa shape index (κ1) is 16.7. The molecule has 0 fully saturated rings. The molecule has 0 spiro atoms. The average Bonchev–Trinajstić information content (AvgIpc) is 2.66. The Morgan fingerprint density at radius 2 is 0.958 bits per heavy atom. The molecule has 0 N–H and O–H groups in total. The second-order valence-electron chi connectivity index (χ2n) is 5.15. The summed E-state index contributed by atoms with van der Waals surface area (Å²) in [4.78, 5) is 0. The van der Waals surface area contributed by atoms with Crippen LogP contribution in [0.25, 0.3) is 0 Å². The highest BCUT2D eigenvalue weighted by molar-refractivity contribution is 7.42. The largest absolute Gasteiger partial charge is 0.427 e. The number of benzene rings is 3. The van der Waals surface area contributed by atoms with Crippen LogP contribution >= 0.6 is 8.60 Å². The summed E-state index contributed by atoms with van der Waals surface area (Å²) in [5, 5.41) is 0. The smallest absolute Gasteiger partial charge is 0.397 e. The maximum absolute atomic E-state index is 5.88. The van der Waals surface area contributed by atoms with Crippen molar-refractivity contribution in [1.82, 2.24) is 0 Å². The Bertz CT molecular complexity index is 661. The van der Waals surface area contributed by atoms with Gasteiger partial charge in [0.2, 0.25) is 0 Å². The van der Waals surface area contributed by atoms with Crippen LogP contribution in [0.15, 0.2) is 91.0 Å². The van der Waals surface area contributed by atoms with Gasteiger partial charge in [0, 0.05) is 0 Å². The van der Waals surface area contributed by atoms with Gasteiger partial charge in [-0.15, -0.1) is 0 Å². The molecule has 0 aliphatic carbocycles. The van der Waals surface area contributed by atoms with E-state index in [1.807, 2.05) is 91.0 Å². The molecule has 122 valence electrons. The van der Waals surface area contributed by atoms with Crippen LogP contribution in [0.1, 0.15) is 11.1 Å². The van der Waals surface area contributed by atoms with Crippen LogP contribution < -0.4 is 4.52 Å². The zero-order chi connectivity index (χ0) is 16.5. The Morgan fingerprint density at radius 3 is 1.42 bits per heavy atom. The average molecular weight is 338 g/mol. The molecule has 3 rings (SSSR count). The molecule has 0 saturated carbocycles. The minimum absolute atomic E-state index is 0.453. The van der Waals surface area contributed by atoms with E-state index in [9.17, 15) is 0 Å². The van der Waals surface area contributed by atoms with E-state index in [1.54, 1.807) is 0 Å². The van der Waals surface area contributed by atoms with Crippen LogP contribution in [0, 0.1) is 0 Å². The molecule has 0 unspecified atom stereocenters. The Hall–Kier alpha value is -2.19. The van der Waals surface area contributed by atoms with Crippen molar-refractivity contribution >= 4 is 8.60 Å². The van der Waals surface area contributed by atoms with Gasteiger partial charge < -0.3 is 4.52 Å². The Balaban J connectivity index is 1.61. The molecule has 0 bridgehead atoms. The van der Waals surface area contributed by atoms with Crippen molar-refractivity contribution in [3.05, 3.63) is 102 Å². The maximum atomic E-state index is 5.88. The third kappa shape index (κ3) is 5.47. The Kier molecular flexibility index (Phi) is 6.38.